The number of rotatable bonds is 6. The van der Waals surface area contributed by atoms with Gasteiger partial charge in [0.25, 0.3) is 0 Å². The molecule has 1 aromatic carbocycles. The third kappa shape index (κ3) is 3.38. The van der Waals surface area contributed by atoms with Crippen LogP contribution >= 0.6 is 11.3 Å². The summed E-state index contributed by atoms with van der Waals surface area (Å²) in [7, 11) is 3.41. The first-order chi connectivity index (χ1) is 9.67. The summed E-state index contributed by atoms with van der Waals surface area (Å²) in [6.45, 7) is 2.15. The highest BCUT2D eigenvalue weighted by Crippen LogP contribution is 2.27. The molecule has 2 rings (SSSR count). The SMILES string of the molecule is CCc1ccc(CC(NC)c2ccc(OC)cc2F)s1. The van der Waals surface area contributed by atoms with Crippen molar-refractivity contribution in [2.75, 3.05) is 14.2 Å². The number of hydrogen-bond donors (Lipinski definition) is 1. The summed E-state index contributed by atoms with van der Waals surface area (Å²) in [6, 6.07) is 9.29. The maximum Gasteiger partial charge on any atom is 0.131 e. The maximum atomic E-state index is 14.1. The number of methoxy groups -OCH3 is 1. The third-order valence-electron chi connectivity index (χ3n) is 3.40. The van der Waals surface area contributed by atoms with Crippen LogP contribution in [0.4, 0.5) is 4.39 Å². The first-order valence-electron chi connectivity index (χ1n) is 6.76. The maximum absolute atomic E-state index is 14.1. The van der Waals surface area contributed by atoms with Gasteiger partial charge in [-0.1, -0.05) is 13.0 Å². The number of aryl methyl sites for hydroxylation is 1. The highest BCUT2D eigenvalue weighted by molar-refractivity contribution is 7.11. The molecule has 0 fully saturated rings. The summed E-state index contributed by atoms with van der Waals surface area (Å²) in [5, 5.41) is 3.20. The van der Waals surface area contributed by atoms with E-state index in [1.54, 1.807) is 30.6 Å². The van der Waals surface area contributed by atoms with Gasteiger partial charge in [0, 0.05) is 33.8 Å². The Hall–Kier alpha value is -1.39. The van der Waals surface area contributed by atoms with Crippen molar-refractivity contribution in [2.45, 2.75) is 25.8 Å². The summed E-state index contributed by atoms with van der Waals surface area (Å²) in [4.78, 5) is 2.64. The molecule has 0 saturated carbocycles. The van der Waals surface area contributed by atoms with Crippen LogP contribution < -0.4 is 10.1 Å². The number of nitrogens with one attached hydrogen (secondary N) is 1. The van der Waals surface area contributed by atoms with Crippen LogP contribution in [0.15, 0.2) is 30.3 Å². The number of benzene rings is 1. The molecule has 1 N–H and O–H groups in total. The number of hydrogen-bond acceptors (Lipinski definition) is 3. The largest absolute Gasteiger partial charge is 0.497 e. The first kappa shape index (κ1) is 15.0. The van der Waals surface area contributed by atoms with Gasteiger partial charge in [-0.05, 0) is 31.7 Å². The second kappa shape index (κ2) is 6.86. The van der Waals surface area contributed by atoms with Crippen LogP contribution in [0.3, 0.4) is 0 Å². The molecule has 0 aliphatic rings. The van der Waals surface area contributed by atoms with E-state index in [4.69, 9.17) is 4.74 Å². The van der Waals surface area contributed by atoms with Crippen LogP contribution in [0.5, 0.6) is 5.75 Å². The molecule has 0 spiro atoms. The fourth-order valence-electron chi connectivity index (χ4n) is 2.21. The van der Waals surface area contributed by atoms with E-state index in [1.165, 1.54) is 15.8 Å². The van der Waals surface area contributed by atoms with Gasteiger partial charge in [0.2, 0.25) is 0 Å². The van der Waals surface area contributed by atoms with Gasteiger partial charge in [-0.2, -0.15) is 0 Å². The molecule has 1 atom stereocenters. The van der Waals surface area contributed by atoms with Crippen LogP contribution in [0.1, 0.15) is 28.3 Å². The van der Waals surface area contributed by atoms with E-state index in [1.807, 2.05) is 7.05 Å². The van der Waals surface area contributed by atoms with Crippen LogP contribution in [-0.2, 0) is 12.8 Å². The lowest BCUT2D eigenvalue weighted by Crippen LogP contribution is -2.19. The van der Waals surface area contributed by atoms with E-state index in [0.717, 1.165) is 12.8 Å². The molecule has 0 amide bonds. The standard InChI is InChI=1S/C16H20FNOS/c1-4-12-6-7-13(20-12)10-16(18-2)14-8-5-11(19-3)9-15(14)17/h5-9,16,18H,4,10H2,1-3H3. The molecule has 2 nitrogen and oxygen atoms in total. The number of likely N-dealkylation sites (N-methyl/N-ethyl adjacent to an activating group) is 1. The minimum absolute atomic E-state index is 0.0238. The van der Waals surface area contributed by atoms with Crippen molar-refractivity contribution >= 4 is 11.3 Å². The molecule has 108 valence electrons. The Morgan fingerprint density at radius 3 is 2.55 bits per heavy atom. The van der Waals surface area contributed by atoms with Gasteiger partial charge < -0.3 is 10.1 Å². The average Bonchev–Trinajstić information content (AvgIpc) is 2.92. The first-order valence-corrected chi connectivity index (χ1v) is 7.57. The van der Waals surface area contributed by atoms with Gasteiger partial charge in [-0.15, -0.1) is 11.3 Å². The summed E-state index contributed by atoms with van der Waals surface area (Å²) in [5.74, 6) is 0.321. The Morgan fingerprint density at radius 1 is 1.25 bits per heavy atom. The zero-order chi connectivity index (χ0) is 14.5. The Labute approximate surface area is 123 Å². The molecule has 0 radical (unpaired) electrons. The van der Waals surface area contributed by atoms with Crippen LogP contribution in [-0.4, -0.2) is 14.2 Å². The Balaban J connectivity index is 2.19. The van der Waals surface area contributed by atoms with Gasteiger partial charge in [0.1, 0.15) is 11.6 Å². The predicted molar refractivity (Wildman–Crippen MR) is 82.2 cm³/mol. The summed E-state index contributed by atoms with van der Waals surface area (Å²) < 4.78 is 19.2. The average molecular weight is 293 g/mol. The monoisotopic (exact) mass is 293 g/mol. The molecule has 0 saturated heterocycles. The van der Waals surface area contributed by atoms with E-state index in [0.29, 0.717) is 11.3 Å². The van der Waals surface area contributed by atoms with E-state index in [2.05, 4.69) is 24.4 Å². The van der Waals surface area contributed by atoms with Crippen LogP contribution in [0, 0.1) is 5.82 Å². The third-order valence-corrected chi connectivity index (χ3v) is 4.65. The number of halogens is 1. The van der Waals surface area contributed by atoms with Crippen molar-refractivity contribution in [2.24, 2.45) is 0 Å². The van der Waals surface area contributed by atoms with Crippen LogP contribution in [0.25, 0.3) is 0 Å². The second-order valence-corrected chi connectivity index (χ2v) is 5.91. The quantitative estimate of drug-likeness (QED) is 0.870. The molecule has 1 aromatic heterocycles. The number of ether oxygens (including phenoxy) is 1. The lowest BCUT2D eigenvalue weighted by Gasteiger charge is -2.17. The van der Waals surface area contributed by atoms with Crippen molar-refractivity contribution in [3.63, 3.8) is 0 Å². The second-order valence-electron chi connectivity index (χ2n) is 4.65. The molecule has 20 heavy (non-hydrogen) atoms. The zero-order valence-corrected chi connectivity index (χ0v) is 12.9. The molecule has 1 unspecified atom stereocenters. The van der Waals surface area contributed by atoms with Gasteiger partial charge >= 0.3 is 0 Å². The van der Waals surface area contributed by atoms with Gasteiger partial charge in [0.15, 0.2) is 0 Å². The minimum atomic E-state index is -0.226. The number of thiophene rings is 1. The normalized spacial score (nSPS) is 12.4. The Kier molecular flexibility index (Phi) is 5.15. The summed E-state index contributed by atoms with van der Waals surface area (Å²) in [5.41, 5.74) is 0.680. The summed E-state index contributed by atoms with van der Waals surface area (Å²) >= 11 is 1.80. The molecule has 0 aliphatic carbocycles. The molecule has 2 aromatic rings. The lowest BCUT2D eigenvalue weighted by molar-refractivity contribution is 0.409. The van der Waals surface area contributed by atoms with Crippen molar-refractivity contribution in [1.29, 1.82) is 0 Å². The highest BCUT2D eigenvalue weighted by Gasteiger charge is 2.16. The molecular weight excluding hydrogens is 273 g/mol. The molecule has 0 bridgehead atoms. The van der Waals surface area contributed by atoms with Gasteiger partial charge in [-0.25, -0.2) is 4.39 Å². The lowest BCUT2D eigenvalue weighted by atomic mass is 10.0. The van der Waals surface area contributed by atoms with Crippen LogP contribution in [0.2, 0.25) is 0 Å². The Bertz CT molecular complexity index is 567. The fourth-order valence-corrected chi connectivity index (χ4v) is 3.21. The minimum Gasteiger partial charge on any atom is -0.497 e. The molecule has 0 aliphatic heterocycles. The zero-order valence-electron chi connectivity index (χ0n) is 12.1. The molecular formula is C16H20FNOS. The van der Waals surface area contributed by atoms with Crippen molar-refractivity contribution < 1.29 is 9.13 Å². The van der Waals surface area contributed by atoms with E-state index >= 15 is 0 Å². The van der Waals surface area contributed by atoms with E-state index in [9.17, 15) is 4.39 Å². The van der Waals surface area contributed by atoms with Gasteiger partial charge in [0.05, 0.1) is 7.11 Å². The van der Waals surface area contributed by atoms with E-state index in [-0.39, 0.29) is 11.9 Å². The van der Waals surface area contributed by atoms with Crippen molar-refractivity contribution in [1.82, 2.24) is 5.32 Å². The smallest absolute Gasteiger partial charge is 0.131 e. The fraction of sp³-hybridized carbons (Fsp3) is 0.375. The molecule has 1 heterocycles. The van der Waals surface area contributed by atoms with E-state index < -0.39 is 0 Å². The van der Waals surface area contributed by atoms with Gasteiger partial charge in [-0.3, -0.25) is 0 Å². The van der Waals surface area contributed by atoms with Crippen molar-refractivity contribution in [3.8, 4) is 5.75 Å². The van der Waals surface area contributed by atoms with Crippen molar-refractivity contribution in [3.05, 3.63) is 51.5 Å². The highest BCUT2D eigenvalue weighted by atomic mass is 32.1. The summed E-state index contributed by atoms with van der Waals surface area (Å²) in [6.07, 6.45) is 1.84. The Morgan fingerprint density at radius 2 is 2.00 bits per heavy atom. The molecule has 4 heteroatoms. The predicted octanol–water partition coefficient (Wildman–Crippen LogP) is 3.96. The topological polar surface area (TPSA) is 21.3 Å².